The van der Waals surface area contributed by atoms with Crippen LogP contribution in [0.3, 0.4) is 0 Å². The monoisotopic (exact) mass is 354 g/mol. The average molecular weight is 355 g/mol. The highest BCUT2D eigenvalue weighted by atomic mass is 79.9. The number of carbonyl (C=O) groups is 1. The summed E-state index contributed by atoms with van der Waals surface area (Å²) in [5.74, 6) is -1.54. The summed E-state index contributed by atoms with van der Waals surface area (Å²) < 4.78 is 27.5. The van der Waals surface area contributed by atoms with E-state index in [1.54, 1.807) is 13.0 Å². The lowest BCUT2D eigenvalue weighted by molar-refractivity contribution is 0.1000. The van der Waals surface area contributed by atoms with Crippen molar-refractivity contribution in [2.45, 2.75) is 13.5 Å². The van der Waals surface area contributed by atoms with E-state index in [4.69, 9.17) is 5.73 Å². The van der Waals surface area contributed by atoms with Gasteiger partial charge in [0.25, 0.3) is 0 Å². The van der Waals surface area contributed by atoms with Gasteiger partial charge in [0.2, 0.25) is 5.91 Å². The summed E-state index contributed by atoms with van der Waals surface area (Å²) in [5.41, 5.74) is 7.01. The number of rotatable bonds is 4. The largest absolute Gasteiger partial charge is 0.381 e. The number of amides is 1. The molecule has 0 aromatic heterocycles. The molecule has 0 spiro atoms. The first kappa shape index (κ1) is 15.4. The first-order chi connectivity index (χ1) is 9.88. The van der Waals surface area contributed by atoms with Crippen LogP contribution in [0.4, 0.5) is 14.5 Å². The van der Waals surface area contributed by atoms with Crippen LogP contribution < -0.4 is 11.1 Å². The van der Waals surface area contributed by atoms with Crippen LogP contribution in [-0.4, -0.2) is 5.91 Å². The standard InChI is InChI=1S/C15H13BrF2N2O/c1-8-4-13(18)11(16)6-14(8)20-7-10-3-2-9(15(19)21)5-12(10)17/h2-6,20H,7H2,1H3,(H2,19,21). The molecule has 3 nitrogen and oxygen atoms in total. The quantitative estimate of drug-likeness (QED) is 0.878. The van der Waals surface area contributed by atoms with E-state index in [0.717, 1.165) is 6.07 Å². The number of hydrogen-bond acceptors (Lipinski definition) is 2. The van der Waals surface area contributed by atoms with Crippen molar-refractivity contribution < 1.29 is 13.6 Å². The van der Waals surface area contributed by atoms with Crippen molar-refractivity contribution in [2.75, 3.05) is 5.32 Å². The normalized spacial score (nSPS) is 10.5. The lowest BCUT2D eigenvalue weighted by Gasteiger charge is -2.11. The Bertz CT molecular complexity index is 704. The van der Waals surface area contributed by atoms with Crippen LogP contribution in [0.5, 0.6) is 0 Å². The van der Waals surface area contributed by atoms with Crippen LogP contribution in [0.2, 0.25) is 0 Å². The van der Waals surface area contributed by atoms with Gasteiger partial charge in [-0.05, 0) is 52.7 Å². The van der Waals surface area contributed by atoms with Gasteiger partial charge in [0.1, 0.15) is 11.6 Å². The van der Waals surface area contributed by atoms with Crippen molar-refractivity contribution in [2.24, 2.45) is 5.73 Å². The number of anilines is 1. The zero-order chi connectivity index (χ0) is 15.6. The fourth-order valence-electron chi connectivity index (χ4n) is 1.87. The molecule has 0 atom stereocenters. The lowest BCUT2D eigenvalue weighted by atomic mass is 10.1. The van der Waals surface area contributed by atoms with E-state index in [1.165, 1.54) is 18.2 Å². The van der Waals surface area contributed by atoms with Crippen LogP contribution in [0, 0.1) is 18.6 Å². The summed E-state index contributed by atoms with van der Waals surface area (Å²) in [6.07, 6.45) is 0. The molecule has 1 amide bonds. The number of carbonyl (C=O) groups excluding carboxylic acids is 1. The summed E-state index contributed by atoms with van der Waals surface area (Å²) in [6, 6.07) is 7.05. The average Bonchev–Trinajstić information content (AvgIpc) is 2.42. The van der Waals surface area contributed by atoms with E-state index >= 15 is 0 Å². The number of benzene rings is 2. The Kier molecular flexibility index (Phi) is 4.57. The molecule has 2 rings (SSSR count). The molecule has 0 aliphatic heterocycles. The molecule has 2 aromatic carbocycles. The molecule has 2 aromatic rings. The number of primary amides is 1. The first-order valence-corrected chi connectivity index (χ1v) is 6.95. The molecule has 0 unspecified atom stereocenters. The highest BCUT2D eigenvalue weighted by molar-refractivity contribution is 9.10. The Morgan fingerprint density at radius 1 is 1.24 bits per heavy atom. The van der Waals surface area contributed by atoms with E-state index < -0.39 is 11.7 Å². The van der Waals surface area contributed by atoms with Crippen molar-refractivity contribution in [3.63, 3.8) is 0 Å². The van der Waals surface area contributed by atoms with E-state index in [-0.39, 0.29) is 17.9 Å². The van der Waals surface area contributed by atoms with Gasteiger partial charge < -0.3 is 11.1 Å². The second-order valence-corrected chi connectivity index (χ2v) is 5.46. The second kappa shape index (κ2) is 6.22. The van der Waals surface area contributed by atoms with E-state index in [1.807, 2.05) is 0 Å². The van der Waals surface area contributed by atoms with Crippen molar-refractivity contribution in [1.82, 2.24) is 0 Å². The maximum Gasteiger partial charge on any atom is 0.248 e. The molecule has 6 heteroatoms. The van der Waals surface area contributed by atoms with Crippen molar-refractivity contribution in [3.8, 4) is 0 Å². The van der Waals surface area contributed by atoms with Crippen LogP contribution in [0.25, 0.3) is 0 Å². The topological polar surface area (TPSA) is 55.1 Å². The molecule has 0 saturated heterocycles. The van der Waals surface area contributed by atoms with Crippen LogP contribution in [-0.2, 0) is 6.54 Å². The SMILES string of the molecule is Cc1cc(F)c(Br)cc1NCc1ccc(C(N)=O)cc1F. The third-order valence-corrected chi connectivity index (χ3v) is 3.68. The minimum atomic E-state index is -0.674. The number of nitrogens with one attached hydrogen (secondary N) is 1. The predicted molar refractivity (Wildman–Crippen MR) is 81.1 cm³/mol. The summed E-state index contributed by atoms with van der Waals surface area (Å²) in [4.78, 5) is 11.0. The van der Waals surface area contributed by atoms with Gasteiger partial charge in [-0.3, -0.25) is 4.79 Å². The molecule has 0 heterocycles. The fourth-order valence-corrected chi connectivity index (χ4v) is 2.21. The highest BCUT2D eigenvalue weighted by Gasteiger charge is 2.09. The van der Waals surface area contributed by atoms with Gasteiger partial charge >= 0.3 is 0 Å². The predicted octanol–water partition coefficient (Wildman–Crippen LogP) is 3.75. The minimum absolute atomic E-state index is 0.122. The van der Waals surface area contributed by atoms with E-state index in [0.29, 0.717) is 21.3 Å². The maximum absolute atomic E-state index is 13.8. The minimum Gasteiger partial charge on any atom is -0.381 e. The molecule has 3 N–H and O–H groups in total. The second-order valence-electron chi connectivity index (χ2n) is 4.61. The highest BCUT2D eigenvalue weighted by Crippen LogP contribution is 2.25. The van der Waals surface area contributed by atoms with Gasteiger partial charge in [-0.25, -0.2) is 8.78 Å². The number of halogens is 3. The van der Waals surface area contributed by atoms with Crippen molar-refractivity contribution in [1.29, 1.82) is 0 Å². The van der Waals surface area contributed by atoms with Crippen LogP contribution in [0.15, 0.2) is 34.8 Å². The molecule has 0 aliphatic rings. The molecule has 110 valence electrons. The molecule has 21 heavy (non-hydrogen) atoms. The zero-order valence-electron chi connectivity index (χ0n) is 11.2. The van der Waals surface area contributed by atoms with Gasteiger partial charge in [0, 0.05) is 23.4 Å². The van der Waals surface area contributed by atoms with Gasteiger partial charge in [0.05, 0.1) is 4.47 Å². The zero-order valence-corrected chi connectivity index (χ0v) is 12.8. The summed E-state index contributed by atoms with van der Waals surface area (Å²) >= 11 is 3.11. The first-order valence-electron chi connectivity index (χ1n) is 6.16. The Morgan fingerprint density at radius 3 is 2.57 bits per heavy atom. The summed E-state index contributed by atoms with van der Waals surface area (Å²) in [7, 11) is 0. The maximum atomic E-state index is 13.8. The lowest BCUT2D eigenvalue weighted by Crippen LogP contribution is -2.12. The summed E-state index contributed by atoms with van der Waals surface area (Å²) in [6.45, 7) is 1.97. The Hall–Kier alpha value is -1.95. The van der Waals surface area contributed by atoms with Gasteiger partial charge in [-0.1, -0.05) is 6.07 Å². The van der Waals surface area contributed by atoms with Crippen molar-refractivity contribution >= 4 is 27.5 Å². The Morgan fingerprint density at radius 2 is 1.95 bits per heavy atom. The smallest absolute Gasteiger partial charge is 0.248 e. The molecular weight excluding hydrogens is 342 g/mol. The Balaban J connectivity index is 2.17. The molecular formula is C15H13BrF2N2O. The number of hydrogen-bond donors (Lipinski definition) is 2. The third-order valence-electron chi connectivity index (χ3n) is 3.07. The van der Waals surface area contributed by atoms with Crippen LogP contribution >= 0.6 is 15.9 Å². The third kappa shape index (κ3) is 3.58. The molecule has 0 aliphatic carbocycles. The molecule has 0 saturated carbocycles. The molecule has 0 radical (unpaired) electrons. The Labute approximate surface area is 129 Å². The molecule has 0 bridgehead atoms. The summed E-state index contributed by atoms with van der Waals surface area (Å²) in [5, 5.41) is 3.03. The van der Waals surface area contributed by atoms with Gasteiger partial charge in [-0.15, -0.1) is 0 Å². The van der Waals surface area contributed by atoms with E-state index in [2.05, 4.69) is 21.2 Å². The van der Waals surface area contributed by atoms with E-state index in [9.17, 15) is 13.6 Å². The number of aryl methyl sites for hydroxylation is 1. The van der Waals surface area contributed by atoms with Crippen molar-refractivity contribution in [3.05, 3.63) is 63.1 Å². The van der Waals surface area contributed by atoms with Crippen LogP contribution in [0.1, 0.15) is 21.5 Å². The number of nitrogens with two attached hydrogens (primary N) is 1. The van der Waals surface area contributed by atoms with Gasteiger partial charge in [0.15, 0.2) is 0 Å². The fraction of sp³-hybridized carbons (Fsp3) is 0.133. The van der Waals surface area contributed by atoms with Gasteiger partial charge in [-0.2, -0.15) is 0 Å². The molecule has 0 fully saturated rings.